The largest absolute Gasteiger partial charge is 0.496 e. The van der Waals surface area contributed by atoms with E-state index in [4.69, 9.17) is 4.74 Å². The number of nitrogens with zero attached hydrogens (tertiary/aromatic N) is 3. The van der Waals surface area contributed by atoms with Gasteiger partial charge in [-0.25, -0.2) is 0 Å². The highest BCUT2D eigenvalue weighted by atomic mass is 32.2. The Labute approximate surface area is 160 Å². The summed E-state index contributed by atoms with van der Waals surface area (Å²) < 4.78 is 7.28. The Hall–Kier alpha value is -2.32. The van der Waals surface area contributed by atoms with E-state index >= 15 is 0 Å². The Balaban J connectivity index is 1.68. The second kappa shape index (κ2) is 8.37. The second-order valence-corrected chi connectivity index (χ2v) is 7.96. The van der Waals surface area contributed by atoms with Crippen LogP contribution in [-0.2, 0) is 18.4 Å². The molecule has 3 aromatic rings. The van der Waals surface area contributed by atoms with E-state index in [1.165, 1.54) is 11.8 Å². The van der Waals surface area contributed by atoms with E-state index in [-0.39, 0.29) is 11.2 Å². The van der Waals surface area contributed by atoms with Crippen molar-refractivity contribution in [2.45, 2.75) is 23.9 Å². The fourth-order valence-electron chi connectivity index (χ4n) is 2.42. The zero-order valence-electron chi connectivity index (χ0n) is 14.8. The molecule has 0 fully saturated rings. The van der Waals surface area contributed by atoms with Crippen LogP contribution in [0.4, 0.5) is 0 Å². The van der Waals surface area contributed by atoms with E-state index in [9.17, 15) is 4.79 Å². The van der Waals surface area contributed by atoms with Crippen molar-refractivity contribution in [3.05, 3.63) is 46.7 Å². The SMILES string of the molecule is COc1ccccc1-c1nnc(SC(C)C(=O)NCc2cccs2)n1C. The van der Waals surface area contributed by atoms with Crippen LogP contribution in [0.1, 0.15) is 11.8 Å². The number of thioether (sulfide) groups is 1. The predicted octanol–water partition coefficient (Wildman–Crippen LogP) is 3.35. The molecular formula is C18H20N4O2S2. The summed E-state index contributed by atoms with van der Waals surface area (Å²) >= 11 is 3.01. The molecule has 2 heterocycles. The lowest BCUT2D eigenvalue weighted by molar-refractivity contribution is -0.120. The first-order valence-corrected chi connectivity index (χ1v) is 9.85. The van der Waals surface area contributed by atoms with E-state index in [1.807, 2.05) is 60.3 Å². The van der Waals surface area contributed by atoms with Gasteiger partial charge in [-0.15, -0.1) is 21.5 Å². The number of benzene rings is 1. The highest BCUT2D eigenvalue weighted by molar-refractivity contribution is 8.00. The Morgan fingerprint density at radius 1 is 1.31 bits per heavy atom. The number of ether oxygens (including phenoxy) is 1. The summed E-state index contributed by atoms with van der Waals surface area (Å²) in [6.45, 7) is 2.42. The van der Waals surface area contributed by atoms with Crippen molar-refractivity contribution in [1.82, 2.24) is 20.1 Å². The minimum absolute atomic E-state index is 0.0229. The number of para-hydroxylation sites is 1. The van der Waals surface area contributed by atoms with Gasteiger partial charge in [0.1, 0.15) is 5.75 Å². The van der Waals surface area contributed by atoms with E-state index < -0.39 is 0 Å². The van der Waals surface area contributed by atoms with Crippen molar-refractivity contribution in [1.29, 1.82) is 0 Å². The molecule has 1 N–H and O–H groups in total. The molecule has 1 aromatic carbocycles. The molecule has 6 nitrogen and oxygen atoms in total. The predicted molar refractivity (Wildman–Crippen MR) is 104 cm³/mol. The first-order valence-electron chi connectivity index (χ1n) is 8.09. The number of rotatable bonds is 7. The van der Waals surface area contributed by atoms with Gasteiger partial charge in [0.05, 0.1) is 24.5 Å². The first kappa shape index (κ1) is 18.5. The monoisotopic (exact) mass is 388 g/mol. The van der Waals surface area contributed by atoms with Crippen LogP contribution in [0.15, 0.2) is 46.9 Å². The molecule has 3 rings (SSSR count). The highest BCUT2D eigenvalue weighted by Gasteiger charge is 2.20. The third-order valence-corrected chi connectivity index (χ3v) is 5.86. The summed E-state index contributed by atoms with van der Waals surface area (Å²) in [5.41, 5.74) is 0.867. The van der Waals surface area contributed by atoms with Gasteiger partial charge in [0, 0.05) is 11.9 Å². The number of hydrogen-bond donors (Lipinski definition) is 1. The molecule has 2 aromatic heterocycles. The zero-order chi connectivity index (χ0) is 18.5. The summed E-state index contributed by atoms with van der Waals surface area (Å²) in [5.74, 6) is 1.42. The van der Waals surface area contributed by atoms with Crippen LogP contribution in [0.2, 0.25) is 0 Å². The van der Waals surface area contributed by atoms with Gasteiger partial charge in [-0.2, -0.15) is 0 Å². The fourth-order valence-corrected chi connectivity index (χ4v) is 3.91. The fraction of sp³-hybridized carbons (Fsp3) is 0.278. The number of nitrogens with one attached hydrogen (secondary N) is 1. The molecule has 0 aliphatic heterocycles. The van der Waals surface area contributed by atoms with Crippen molar-refractivity contribution < 1.29 is 9.53 Å². The summed E-state index contributed by atoms with van der Waals surface area (Å²) in [6, 6.07) is 11.6. The molecule has 1 amide bonds. The quantitative estimate of drug-likeness (QED) is 0.629. The molecule has 8 heteroatoms. The van der Waals surface area contributed by atoms with Gasteiger partial charge in [0.2, 0.25) is 5.91 Å². The Kier molecular flexibility index (Phi) is 5.95. The Morgan fingerprint density at radius 2 is 2.12 bits per heavy atom. The summed E-state index contributed by atoms with van der Waals surface area (Å²) in [4.78, 5) is 13.5. The van der Waals surface area contributed by atoms with Gasteiger partial charge in [-0.3, -0.25) is 4.79 Å². The molecule has 1 atom stereocenters. The van der Waals surface area contributed by atoms with E-state index in [0.717, 1.165) is 16.2 Å². The smallest absolute Gasteiger partial charge is 0.233 e. The molecule has 0 spiro atoms. The third kappa shape index (κ3) is 4.08. The van der Waals surface area contributed by atoms with Gasteiger partial charge in [-0.1, -0.05) is 30.0 Å². The molecule has 0 bridgehead atoms. The topological polar surface area (TPSA) is 69.0 Å². The molecular weight excluding hydrogens is 368 g/mol. The van der Waals surface area contributed by atoms with Gasteiger partial charge in [0.25, 0.3) is 0 Å². The maximum absolute atomic E-state index is 12.3. The van der Waals surface area contributed by atoms with Crippen LogP contribution in [0.25, 0.3) is 11.4 Å². The lowest BCUT2D eigenvalue weighted by Gasteiger charge is -2.11. The molecule has 0 aliphatic rings. The minimum Gasteiger partial charge on any atom is -0.496 e. The van der Waals surface area contributed by atoms with Gasteiger partial charge < -0.3 is 14.6 Å². The number of hydrogen-bond acceptors (Lipinski definition) is 6. The number of thiophene rings is 1. The number of aromatic nitrogens is 3. The van der Waals surface area contributed by atoms with Crippen LogP contribution in [-0.4, -0.2) is 33.0 Å². The molecule has 0 radical (unpaired) electrons. The number of amides is 1. The summed E-state index contributed by atoms with van der Waals surface area (Å²) in [5, 5.41) is 13.9. The summed E-state index contributed by atoms with van der Waals surface area (Å²) in [7, 11) is 3.52. The number of methoxy groups -OCH3 is 1. The first-order chi connectivity index (χ1) is 12.6. The minimum atomic E-state index is -0.275. The molecule has 26 heavy (non-hydrogen) atoms. The highest BCUT2D eigenvalue weighted by Crippen LogP contribution is 2.31. The normalized spacial score (nSPS) is 12.0. The Bertz CT molecular complexity index is 877. The van der Waals surface area contributed by atoms with E-state index in [0.29, 0.717) is 17.5 Å². The van der Waals surface area contributed by atoms with Gasteiger partial charge in [0.15, 0.2) is 11.0 Å². The van der Waals surface area contributed by atoms with Crippen molar-refractivity contribution in [2.24, 2.45) is 7.05 Å². The van der Waals surface area contributed by atoms with Crippen molar-refractivity contribution in [3.8, 4) is 17.1 Å². The maximum Gasteiger partial charge on any atom is 0.233 e. The molecule has 136 valence electrons. The average Bonchev–Trinajstić information content (AvgIpc) is 3.30. The average molecular weight is 389 g/mol. The lowest BCUT2D eigenvalue weighted by Crippen LogP contribution is -2.30. The van der Waals surface area contributed by atoms with Crippen LogP contribution in [0.3, 0.4) is 0 Å². The zero-order valence-corrected chi connectivity index (χ0v) is 16.4. The molecule has 0 saturated heterocycles. The number of carbonyl (C=O) groups excluding carboxylic acids is 1. The van der Waals surface area contributed by atoms with E-state index in [2.05, 4.69) is 15.5 Å². The molecule has 1 unspecified atom stereocenters. The van der Waals surface area contributed by atoms with Crippen molar-refractivity contribution in [2.75, 3.05) is 7.11 Å². The standard InChI is InChI=1S/C18H20N4O2S2/c1-12(17(23)19-11-13-7-6-10-25-13)26-18-21-20-16(22(18)2)14-8-4-5-9-15(14)24-3/h4-10,12H,11H2,1-3H3,(H,19,23). The van der Waals surface area contributed by atoms with Crippen molar-refractivity contribution in [3.63, 3.8) is 0 Å². The van der Waals surface area contributed by atoms with Crippen LogP contribution in [0, 0.1) is 0 Å². The molecule has 0 saturated carbocycles. The third-order valence-electron chi connectivity index (χ3n) is 3.85. The van der Waals surface area contributed by atoms with Gasteiger partial charge in [-0.05, 0) is 30.5 Å². The van der Waals surface area contributed by atoms with Crippen molar-refractivity contribution >= 4 is 29.0 Å². The van der Waals surface area contributed by atoms with Crippen LogP contribution < -0.4 is 10.1 Å². The van der Waals surface area contributed by atoms with Crippen LogP contribution >= 0.6 is 23.1 Å². The Morgan fingerprint density at radius 3 is 2.85 bits per heavy atom. The lowest BCUT2D eigenvalue weighted by atomic mass is 10.2. The van der Waals surface area contributed by atoms with E-state index in [1.54, 1.807) is 18.4 Å². The van der Waals surface area contributed by atoms with Crippen LogP contribution in [0.5, 0.6) is 5.75 Å². The second-order valence-electron chi connectivity index (χ2n) is 5.62. The molecule has 0 aliphatic carbocycles. The van der Waals surface area contributed by atoms with Gasteiger partial charge >= 0.3 is 0 Å². The summed E-state index contributed by atoms with van der Waals surface area (Å²) in [6.07, 6.45) is 0. The maximum atomic E-state index is 12.3. The number of carbonyl (C=O) groups is 1.